The quantitative estimate of drug-likeness (QED) is 0.891. The second-order valence-corrected chi connectivity index (χ2v) is 8.00. The Labute approximate surface area is 152 Å². The first-order valence-corrected chi connectivity index (χ1v) is 9.89. The van der Waals surface area contributed by atoms with E-state index in [9.17, 15) is 4.79 Å². The molecule has 1 aliphatic carbocycles. The molecular weight excluding hydrogens is 310 g/mol. The lowest BCUT2D eigenvalue weighted by Gasteiger charge is -2.41. The summed E-state index contributed by atoms with van der Waals surface area (Å²) in [6, 6.07) is 11.1. The number of para-hydroxylation sites is 1. The third-order valence-corrected chi connectivity index (χ3v) is 6.40. The standard InChI is InChI=1S/C21H33N3O/c1-23(18-8-4-2-5-9-18)19-10-14-24(15-11-19)20(25)16-21(17-22)12-6-3-7-13-21/h2,4-5,8-9,19H,3,6-7,10-17,22H2,1H3. The predicted octanol–water partition coefficient (Wildman–Crippen LogP) is 3.41. The van der Waals surface area contributed by atoms with Gasteiger partial charge in [0.15, 0.2) is 0 Å². The highest BCUT2D eigenvalue weighted by atomic mass is 16.2. The second kappa shape index (κ2) is 8.22. The summed E-state index contributed by atoms with van der Waals surface area (Å²) in [4.78, 5) is 17.3. The fourth-order valence-corrected chi connectivity index (χ4v) is 4.56. The minimum absolute atomic E-state index is 0.0764. The van der Waals surface area contributed by atoms with Crippen LogP contribution in [0.4, 0.5) is 5.69 Å². The fourth-order valence-electron chi connectivity index (χ4n) is 4.56. The van der Waals surface area contributed by atoms with E-state index < -0.39 is 0 Å². The van der Waals surface area contributed by atoms with E-state index in [0.717, 1.165) is 38.8 Å². The molecular formula is C21H33N3O. The largest absolute Gasteiger partial charge is 0.371 e. The molecule has 1 amide bonds. The van der Waals surface area contributed by atoms with Crippen LogP contribution in [0.15, 0.2) is 30.3 Å². The SMILES string of the molecule is CN(c1ccccc1)C1CCN(C(=O)CC2(CN)CCCCC2)CC1. The molecule has 0 aromatic heterocycles. The average Bonchev–Trinajstić information content (AvgIpc) is 2.69. The van der Waals surface area contributed by atoms with Crippen LogP contribution in [-0.4, -0.2) is 43.5 Å². The van der Waals surface area contributed by atoms with Gasteiger partial charge in [-0.25, -0.2) is 0 Å². The first kappa shape index (κ1) is 18.2. The molecule has 4 nitrogen and oxygen atoms in total. The summed E-state index contributed by atoms with van der Waals surface area (Å²) < 4.78 is 0. The molecule has 0 atom stereocenters. The Bertz CT molecular complexity index is 546. The molecule has 138 valence electrons. The maximum atomic E-state index is 12.8. The molecule has 1 aliphatic heterocycles. The smallest absolute Gasteiger partial charge is 0.223 e. The zero-order valence-electron chi connectivity index (χ0n) is 15.6. The molecule has 1 aromatic carbocycles. The summed E-state index contributed by atoms with van der Waals surface area (Å²) in [6.45, 7) is 2.41. The van der Waals surface area contributed by atoms with Crippen LogP contribution in [0.1, 0.15) is 51.4 Å². The van der Waals surface area contributed by atoms with Crippen LogP contribution in [-0.2, 0) is 4.79 Å². The Morgan fingerprint density at radius 3 is 2.40 bits per heavy atom. The third kappa shape index (κ3) is 4.35. The van der Waals surface area contributed by atoms with E-state index in [-0.39, 0.29) is 5.41 Å². The fraction of sp³-hybridized carbons (Fsp3) is 0.667. The maximum absolute atomic E-state index is 12.8. The topological polar surface area (TPSA) is 49.6 Å². The number of hydrogen-bond donors (Lipinski definition) is 1. The molecule has 1 saturated carbocycles. The number of anilines is 1. The molecule has 2 N–H and O–H groups in total. The number of rotatable bonds is 5. The van der Waals surface area contributed by atoms with Crippen LogP contribution >= 0.6 is 0 Å². The van der Waals surface area contributed by atoms with Crippen molar-refractivity contribution in [3.05, 3.63) is 30.3 Å². The van der Waals surface area contributed by atoms with Crippen molar-refractivity contribution in [3.63, 3.8) is 0 Å². The van der Waals surface area contributed by atoms with Gasteiger partial charge in [0.05, 0.1) is 0 Å². The highest BCUT2D eigenvalue weighted by molar-refractivity contribution is 5.77. The van der Waals surface area contributed by atoms with Crippen LogP contribution in [0.2, 0.25) is 0 Å². The van der Waals surface area contributed by atoms with E-state index in [0.29, 0.717) is 24.9 Å². The van der Waals surface area contributed by atoms with Crippen molar-refractivity contribution in [1.29, 1.82) is 0 Å². The molecule has 1 aromatic rings. The van der Waals surface area contributed by atoms with Gasteiger partial charge in [-0.3, -0.25) is 4.79 Å². The number of hydrogen-bond acceptors (Lipinski definition) is 3. The first-order chi connectivity index (χ1) is 12.1. The van der Waals surface area contributed by atoms with Gasteiger partial charge < -0.3 is 15.5 Å². The number of benzene rings is 1. The molecule has 25 heavy (non-hydrogen) atoms. The Kier molecular flexibility index (Phi) is 6.00. The lowest BCUT2D eigenvalue weighted by molar-refractivity contribution is -0.135. The number of amides is 1. The summed E-state index contributed by atoms with van der Waals surface area (Å²) in [5, 5.41) is 0. The van der Waals surface area contributed by atoms with Crippen molar-refractivity contribution in [1.82, 2.24) is 4.90 Å². The van der Waals surface area contributed by atoms with E-state index in [1.54, 1.807) is 0 Å². The van der Waals surface area contributed by atoms with E-state index in [1.807, 2.05) is 0 Å². The van der Waals surface area contributed by atoms with Crippen molar-refractivity contribution in [3.8, 4) is 0 Å². The first-order valence-electron chi connectivity index (χ1n) is 9.89. The summed E-state index contributed by atoms with van der Waals surface area (Å²) in [7, 11) is 2.17. The van der Waals surface area contributed by atoms with E-state index in [1.165, 1.54) is 24.9 Å². The van der Waals surface area contributed by atoms with Crippen molar-refractivity contribution in [2.24, 2.45) is 11.1 Å². The average molecular weight is 344 g/mol. The van der Waals surface area contributed by atoms with E-state index in [4.69, 9.17) is 5.73 Å². The van der Waals surface area contributed by atoms with Crippen molar-refractivity contribution >= 4 is 11.6 Å². The van der Waals surface area contributed by atoms with Gasteiger partial charge in [-0.05, 0) is 49.8 Å². The minimum atomic E-state index is 0.0764. The van der Waals surface area contributed by atoms with Gasteiger partial charge in [0.2, 0.25) is 5.91 Å². The number of nitrogens with zero attached hydrogens (tertiary/aromatic N) is 2. The van der Waals surface area contributed by atoms with Crippen LogP contribution in [0.3, 0.4) is 0 Å². The lowest BCUT2D eigenvalue weighted by Crippen LogP contribution is -2.47. The number of carbonyl (C=O) groups excluding carboxylic acids is 1. The monoisotopic (exact) mass is 343 g/mol. The molecule has 1 heterocycles. The highest BCUT2D eigenvalue weighted by Crippen LogP contribution is 2.39. The summed E-state index contributed by atoms with van der Waals surface area (Å²) in [5.74, 6) is 0.327. The number of likely N-dealkylation sites (tertiary alicyclic amines) is 1. The number of carbonyl (C=O) groups is 1. The van der Waals surface area contributed by atoms with E-state index >= 15 is 0 Å². The molecule has 4 heteroatoms. The Hall–Kier alpha value is -1.55. The van der Waals surface area contributed by atoms with Gasteiger partial charge in [0, 0.05) is 38.3 Å². The van der Waals surface area contributed by atoms with E-state index in [2.05, 4.69) is 47.2 Å². The molecule has 1 saturated heterocycles. The van der Waals surface area contributed by atoms with Crippen molar-refractivity contribution in [2.75, 3.05) is 31.6 Å². The molecule has 0 spiro atoms. The zero-order valence-corrected chi connectivity index (χ0v) is 15.6. The maximum Gasteiger partial charge on any atom is 0.223 e. The minimum Gasteiger partial charge on any atom is -0.371 e. The Balaban J connectivity index is 1.52. The van der Waals surface area contributed by atoms with Gasteiger partial charge in [0.25, 0.3) is 0 Å². The van der Waals surface area contributed by atoms with Crippen LogP contribution in [0.25, 0.3) is 0 Å². The molecule has 2 aliphatic rings. The van der Waals surface area contributed by atoms with Crippen molar-refractivity contribution in [2.45, 2.75) is 57.4 Å². The van der Waals surface area contributed by atoms with Crippen LogP contribution in [0.5, 0.6) is 0 Å². The zero-order chi connectivity index (χ0) is 17.7. The molecule has 3 rings (SSSR count). The van der Waals surface area contributed by atoms with Crippen LogP contribution in [0, 0.1) is 5.41 Å². The normalized spacial score (nSPS) is 21.1. The predicted molar refractivity (Wildman–Crippen MR) is 104 cm³/mol. The van der Waals surface area contributed by atoms with Gasteiger partial charge >= 0.3 is 0 Å². The Morgan fingerprint density at radius 2 is 1.80 bits per heavy atom. The molecule has 0 radical (unpaired) electrons. The van der Waals surface area contributed by atoms with Gasteiger partial charge in [-0.1, -0.05) is 37.5 Å². The van der Waals surface area contributed by atoms with Gasteiger partial charge in [-0.2, -0.15) is 0 Å². The molecule has 0 bridgehead atoms. The summed E-state index contributed by atoms with van der Waals surface area (Å²) >= 11 is 0. The summed E-state index contributed by atoms with van der Waals surface area (Å²) in [6.07, 6.45) is 8.77. The molecule has 2 fully saturated rings. The number of nitrogens with two attached hydrogens (primary N) is 1. The van der Waals surface area contributed by atoms with Crippen molar-refractivity contribution < 1.29 is 4.79 Å². The summed E-state index contributed by atoms with van der Waals surface area (Å²) in [5.41, 5.74) is 7.40. The lowest BCUT2D eigenvalue weighted by atomic mass is 9.71. The molecule has 0 unspecified atom stereocenters. The van der Waals surface area contributed by atoms with Crippen LogP contribution < -0.4 is 10.6 Å². The Morgan fingerprint density at radius 1 is 1.16 bits per heavy atom. The second-order valence-electron chi connectivity index (χ2n) is 8.00. The number of piperidine rings is 1. The van der Waals surface area contributed by atoms with Gasteiger partial charge in [0.1, 0.15) is 0 Å². The third-order valence-electron chi connectivity index (χ3n) is 6.40. The van der Waals surface area contributed by atoms with Gasteiger partial charge in [-0.15, -0.1) is 0 Å². The highest BCUT2D eigenvalue weighted by Gasteiger charge is 2.35.